The van der Waals surface area contributed by atoms with Gasteiger partial charge >= 0.3 is 0 Å². The molecule has 1 aromatic heterocycles. The predicted molar refractivity (Wildman–Crippen MR) is 79.9 cm³/mol. The average Bonchev–Trinajstić information content (AvgIpc) is 2.46. The summed E-state index contributed by atoms with van der Waals surface area (Å²) in [5.41, 5.74) is 1.83. The van der Waals surface area contributed by atoms with Gasteiger partial charge in [-0.05, 0) is 18.6 Å². The molecule has 3 nitrogen and oxygen atoms in total. The first-order valence-corrected chi connectivity index (χ1v) is 6.89. The first-order chi connectivity index (χ1) is 9.13. The molecule has 0 N–H and O–H groups in total. The topological polar surface area (TPSA) is 29.0 Å². The Balaban J connectivity index is 2.23. The van der Waals surface area contributed by atoms with Crippen molar-refractivity contribution in [2.24, 2.45) is 0 Å². The van der Waals surface area contributed by atoms with Crippen molar-refractivity contribution in [2.75, 3.05) is 11.9 Å². The number of aromatic nitrogens is 2. The van der Waals surface area contributed by atoms with Gasteiger partial charge in [-0.2, -0.15) is 0 Å². The van der Waals surface area contributed by atoms with E-state index in [1.165, 1.54) is 0 Å². The summed E-state index contributed by atoms with van der Waals surface area (Å²) in [5.74, 6) is 1.16. The quantitative estimate of drug-likeness (QED) is 0.796. The monoisotopic (exact) mass is 295 g/mol. The van der Waals surface area contributed by atoms with Crippen LogP contribution < -0.4 is 4.90 Å². The largest absolute Gasteiger partial charge is 0.352 e. The Labute approximate surface area is 123 Å². The first-order valence-electron chi connectivity index (χ1n) is 5.97. The van der Waals surface area contributed by atoms with Gasteiger partial charge in [-0.3, -0.25) is 4.98 Å². The van der Waals surface area contributed by atoms with Gasteiger partial charge in [0.15, 0.2) is 0 Å². The van der Waals surface area contributed by atoms with Crippen LogP contribution in [0.25, 0.3) is 0 Å². The van der Waals surface area contributed by atoms with Crippen LogP contribution >= 0.6 is 23.2 Å². The minimum atomic E-state index is 0.116. The van der Waals surface area contributed by atoms with Crippen molar-refractivity contribution in [1.82, 2.24) is 9.97 Å². The van der Waals surface area contributed by atoms with Crippen LogP contribution in [0, 0.1) is 0 Å². The van der Waals surface area contributed by atoms with E-state index in [0.717, 1.165) is 22.1 Å². The number of hydrogen-bond donors (Lipinski definition) is 0. The highest BCUT2D eigenvalue weighted by Gasteiger charge is 2.16. The van der Waals surface area contributed by atoms with Gasteiger partial charge in [0.2, 0.25) is 0 Å². The lowest BCUT2D eigenvalue weighted by Crippen LogP contribution is -2.23. The molecule has 0 aliphatic rings. The second kappa shape index (κ2) is 6.22. The van der Waals surface area contributed by atoms with E-state index in [1.54, 1.807) is 12.4 Å². The zero-order valence-electron chi connectivity index (χ0n) is 10.8. The molecule has 0 bridgehead atoms. The minimum absolute atomic E-state index is 0.116. The van der Waals surface area contributed by atoms with E-state index in [4.69, 9.17) is 23.2 Å². The van der Waals surface area contributed by atoms with Crippen LogP contribution in [0.5, 0.6) is 0 Å². The van der Waals surface area contributed by atoms with E-state index in [0.29, 0.717) is 5.88 Å². The van der Waals surface area contributed by atoms with E-state index in [1.807, 2.05) is 36.2 Å². The Morgan fingerprint density at radius 3 is 2.53 bits per heavy atom. The van der Waals surface area contributed by atoms with Crippen molar-refractivity contribution in [3.8, 4) is 0 Å². The summed E-state index contributed by atoms with van der Waals surface area (Å²) in [6.45, 7) is 2.08. The summed E-state index contributed by atoms with van der Waals surface area (Å²) < 4.78 is 0. The summed E-state index contributed by atoms with van der Waals surface area (Å²) in [7, 11) is 1.97. The third-order valence-electron chi connectivity index (χ3n) is 3.13. The van der Waals surface area contributed by atoms with Gasteiger partial charge in [0.05, 0.1) is 30.0 Å². The lowest BCUT2D eigenvalue weighted by atomic mass is 10.1. The SMILES string of the molecule is CC(c1ccccc1Cl)N(C)c1cnc(CCl)cn1. The predicted octanol–water partition coefficient (Wildman–Crippen LogP) is 4.07. The van der Waals surface area contributed by atoms with Crippen molar-refractivity contribution < 1.29 is 0 Å². The normalized spacial score (nSPS) is 12.2. The Morgan fingerprint density at radius 2 is 1.95 bits per heavy atom. The highest BCUT2D eigenvalue weighted by Crippen LogP contribution is 2.28. The zero-order chi connectivity index (χ0) is 13.8. The number of anilines is 1. The fourth-order valence-corrected chi connectivity index (χ4v) is 2.25. The molecule has 0 radical (unpaired) electrons. The standard InChI is InChI=1S/C14H15Cl2N3/c1-10(12-5-3-4-6-13(12)16)19(2)14-9-17-11(7-15)8-18-14/h3-6,8-10H,7H2,1-2H3. The van der Waals surface area contributed by atoms with E-state index in [-0.39, 0.29) is 6.04 Å². The number of rotatable bonds is 4. The second-order valence-corrected chi connectivity index (χ2v) is 4.98. The van der Waals surface area contributed by atoms with Gasteiger partial charge in [0.25, 0.3) is 0 Å². The molecule has 0 spiro atoms. The van der Waals surface area contributed by atoms with Gasteiger partial charge in [-0.25, -0.2) is 4.98 Å². The molecule has 0 aliphatic carbocycles. The van der Waals surface area contributed by atoms with Crippen molar-refractivity contribution >= 4 is 29.0 Å². The number of hydrogen-bond acceptors (Lipinski definition) is 3. The molecule has 0 aliphatic heterocycles. The molecule has 2 aromatic rings. The van der Waals surface area contributed by atoms with E-state index in [2.05, 4.69) is 16.9 Å². The smallest absolute Gasteiger partial charge is 0.147 e. The number of halogens is 2. The van der Waals surface area contributed by atoms with Gasteiger partial charge in [0.1, 0.15) is 5.82 Å². The van der Waals surface area contributed by atoms with Crippen LogP contribution in [0.1, 0.15) is 24.2 Å². The second-order valence-electron chi connectivity index (χ2n) is 4.31. The Morgan fingerprint density at radius 1 is 1.21 bits per heavy atom. The Bertz CT molecular complexity index is 543. The van der Waals surface area contributed by atoms with Crippen molar-refractivity contribution in [3.63, 3.8) is 0 Å². The molecular formula is C14H15Cl2N3. The molecule has 19 heavy (non-hydrogen) atoms. The molecule has 5 heteroatoms. The maximum atomic E-state index is 6.22. The molecule has 100 valence electrons. The van der Waals surface area contributed by atoms with Crippen LogP contribution in [-0.4, -0.2) is 17.0 Å². The number of benzene rings is 1. The maximum Gasteiger partial charge on any atom is 0.147 e. The molecule has 1 unspecified atom stereocenters. The lowest BCUT2D eigenvalue weighted by molar-refractivity contribution is 0.725. The van der Waals surface area contributed by atoms with Gasteiger partial charge < -0.3 is 4.90 Å². The average molecular weight is 296 g/mol. The van der Waals surface area contributed by atoms with Gasteiger partial charge in [-0.15, -0.1) is 11.6 Å². The molecule has 0 fully saturated rings. The molecule has 0 amide bonds. The van der Waals surface area contributed by atoms with Crippen LogP contribution in [-0.2, 0) is 5.88 Å². The molecular weight excluding hydrogens is 281 g/mol. The van der Waals surface area contributed by atoms with Crippen LogP contribution in [0.4, 0.5) is 5.82 Å². The van der Waals surface area contributed by atoms with Crippen LogP contribution in [0.3, 0.4) is 0 Å². The fourth-order valence-electron chi connectivity index (χ4n) is 1.82. The van der Waals surface area contributed by atoms with Crippen molar-refractivity contribution in [3.05, 3.63) is 52.9 Å². The van der Waals surface area contributed by atoms with E-state index < -0.39 is 0 Å². The number of nitrogens with zero attached hydrogens (tertiary/aromatic N) is 3. The summed E-state index contributed by atoms with van der Waals surface area (Å²) >= 11 is 11.9. The molecule has 1 aromatic carbocycles. The van der Waals surface area contributed by atoms with Crippen LogP contribution in [0.2, 0.25) is 5.02 Å². The zero-order valence-corrected chi connectivity index (χ0v) is 12.4. The maximum absolute atomic E-state index is 6.22. The summed E-state index contributed by atoms with van der Waals surface area (Å²) in [6, 6.07) is 7.93. The summed E-state index contributed by atoms with van der Waals surface area (Å²) in [4.78, 5) is 10.6. The third-order valence-corrected chi connectivity index (χ3v) is 3.74. The highest BCUT2D eigenvalue weighted by molar-refractivity contribution is 6.31. The molecule has 0 saturated heterocycles. The van der Waals surface area contributed by atoms with Gasteiger partial charge in [-0.1, -0.05) is 29.8 Å². The highest BCUT2D eigenvalue weighted by atomic mass is 35.5. The first kappa shape index (κ1) is 14.1. The summed E-state index contributed by atoms with van der Waals surface area (Å²) in [6.07, 6.45) is 3.42. The van der Waals surface area contributed by atoms with Crippen molar-refractivity contribution in [1.29, 1.82) is 0 Å². The fraction of sp³-hybridized carbons (Fsp3) is 0.286. The van der Waals surface area contributed by atoms with Gasteiger partial charge in [0, 0.05) is 12.1 Å². The summed E-state index contributed by atoms with van der Waals surface area (Å²) in [5, 5.41) is 0.757. The van der Waals surface area contributed by atoms with Crippen molar-refractivity contribution in [2.45, 2.75) is 18.8 Å². The Kier molecular flexibility index (Phi) is 4.61. The van der Waals surface area contributed by atoms with E-state index in [9.17, 15) is 0 Å². The van der Waals surface area contributed by atoms with E-state index >= 15 is 0 Å². The number of alkyl halides is 1. The third kappa shape index (κ3) is 3.17. The molecule has 1 heterocycles. The lowest BCUT2D eigenvalue weighted by Gasteiger charge is -2.26. The molecule has 2 rings (SSSR count). The molecule has 1 atom stereocenters. The van der Waals surface area contributed by atoms with Crippen LogP contribution in [0.15, 0.2) is 36.7 Å². The minimum Gasteiger partial charge on any atom is -0.352 e. The Hall–Kier alpha value is -1.32. The molecule has 0 saturated carbocycles.